The molecule has 0 saturated heterocycles. The molecule has 1 N–H and O–H groups in total. The van der Waals surface area contributed by atoms with Crippen molar-refractivity contribution < 1.29 is 4.74 Å². The average Bonchev–Trinajstić information content (AvgIpc) is 2.56. The molecule has 0 aromatic carbocycles. The molecule has 0 aliphatic carbocycles. The summed E-state index contributed by atoms with van der Waals surface area (Å²) in [6.07, 6.45) is 13.1. The van der Waals surface area contributed by atoms with Gasteiger partial charge >= 0.3 is 0 Å². The van der Waals surface area contributed by atoms with Crippen LogP contribution in [0.25, 0.3) is 0 Å². The normalized spacial score (nSPS) is 9.95. The molecule has 0 spiro atoms. The molecule has 0 bridgehead atoms. The molecular formula is C18H37NOSn. The SMILES string of the molecule is CCCC.CCCC.CCCC.COC1=CNC=C=C1.[Sn]. The summed E-state index contributed by atoms with van der Waals surface area (Å²) in [5.74, 6) is 0.799. The van der Waals surface area contributed by atoms with Crippen LogP contribution < -0.4 is 5.32 Å². The zero-order valence-corrected chi connectivity index (χ0v) is 18.2. The van der Waals surface area contributed by atoms with Crippen molar-refractivity contribution in [3.05, 3.63) is 30.0 Å². The van der Waals surface area contributed by atoms with E-state index < -0.39 is 0 Å². The standard InChI is InChI=1S/C6H7NO.3C4H10.Sn/c1-8-6-3-2-4-7-5-6;3*1-3-4-2;/h3-5,7H,1H3;3*3-4H2,1-2H3;. The van der Waals surface area contributed by atoms with Crippen molar-refractivity contribution >= 4 is 23.9 Å². The average molecular weight is 402 g/mol. The van der Waals surface area contributed by atoms with Crippen molar-refractivity contribution in [1.29, 1.82) is 0 Å². The molecule has 0 aromatic rings. The van der Waals surface area contributed by atoms with Crippen LogP contribution in [0, 0.1) is 0 Å². The quantitative estimate of drug-likeness (QED) is 0.475. The minimum Gasteiger partial charge on any atom is -0.495 e. The monoisotopic (exact) mass is 403 g/mol. The Morgan fingerprint density at radius 1 is 0.857 bits per heavy atom. The second-order valence-electron chi connectivity index (χ2n) is 4.37. The second-order valence-corrected chi connectivity index (χ2v) is 4.37. The van der Waals surface area contributed by atoms with E-state index in [2.05, 4.69) is 52.6 Å². The van der Waals surface area contributed by atoms with Crippen LogP contribution in [0.2, 0.25) is 0 Å². The number of hydrogen-bond acceptors (Lipinski definition) is 2. The summed E-state index contributed by atoms with van der Waals surface area (Å²) in [5.41, 5.74) is 2.83. The van der Waals surface area contributed by atoms with E-state index in [1.807, 2.05) is 0 Å². The fraction of sp³-hybridized carbons (Fsp3) is 0.722. The van der Waals surface area contributed by atoms with E-state index in [1.54, 1.807) is 25.6 Å². The summed E-state index contributed by atoms with van der Waals surface area (Å²) in [5, 5.41) is 2.83. The van der Waals surface area contributed by atoms with Crippen LogP contribution in [0.4, 0.5) is 0 Å². The fourth-order valence-electron chi connectivity index (χ4n) is 0.455. The van der Waals surface area contributed by atoms with Gasteiger partial charge in [0.05, 0.1) is 7.11 Å². The Bertz CT molecular complexity index is 228. The molecule has 1 aliphatic rings. The summed E-state index contributed by atoms with van der Waals surface area (Å²) in [6.45, 7) is 13.1. The number of unbranched alkanes of at least 4 members (excludes halogenated alkanes) is 3. The van der Waals surface area contributed by atoms with Gasteiger partial charge in [-0.05, 0) is 0 Å². The summed E-state index contributed by atoms with van der Waals surface area (Å²) < 4.78 is 4.85. The van der Waals surface area contributed by atoms with Crippen LogP contribution in [0.15, 0.2) is 30.0 Å². The van der Waals surface area contributed by atoms with Crippen LogP contribution in [-0.2, 0) is 4.74 Å². The van der Waals surface area contributed by atoms with Crippen molar-refractivity contribution in [2.45, 2.75) is 80.1 Å². The Morgan fingerprint density at radius 2 is 1.24 bits per heavy atom. The Labute approximate surface area is 151 Å². The van der Waals surface area contributed by atoms with Crippen LogP contribution in [0.3, 0.4) is 0 Å². The van der Waals surface area contributed by atoms with E-state index in [0.717, 1.165) is 5.76 Å². The number of hydrogen-bond donors (Lipinski definition) is 1. The fourth-order valence-corrected chi connectivity index (χ4v) is 0.455. The first-order valence-corrected chi connectivity index (χ1v) is 8.09. The summed E-state index contributed by atoms with van der Waals surface area (Å²) in [6, 6.07) is 0. The smallest absolute Gasteiger partial charge is 0.142 e. The molecule has 0 fully saturated rings. The molecule has 1 heterocycles. The molecule has 124 valence electrons. The molecule has 0 atom stereocenters. The summed E-state index contributed by atoms with van der Waals surface area (Å²) in [4.78, 5) is 0. The van der Waals surface area contributed by atoms with Gasteiger partial charge in [0.1, 0.15) is 5.76 Å². The predicted octanol–water partition coefficient (Wildman–Crippen LogP) is 5.78. The van der Waals surface area contributed by atoms with E-state index in [0.29, 0.717) is 0 Å². The van der Waals surface area contributed by atoms with Crippen molar-refractivity contribution in [2.24, 2.45) is 0 Å². The van der Waals surface area contributed by atoms with Gasteiger partial charge in [-0.3, -0.25) is 0 Å². The predicted molar refractivity (Wildman–Crippen MR) is 98.4 cm³/mol. The first-order chi connectivity index (χ1) is 9.67. The molecule has 0 aromatic heterocycles. The molecule has 2 nitrogen and oxygen atoms in total. The largest absolute Gasteiger partial charge is 0.495 e. The van der Waals surface area contributed by atoms with E-state index in [-0.39, 0.29) is 23.9 Å². The van der Waals surface area contributed by atoms with E-state index in [4.69, 9.17) is 4.74 Å². The third-order valence-corrected chi connectivity index (χ3v) is 2.35. The third kappa shape index (κ3) is 38.3. The maximum atomic E-state index is 4.85. The Morgan fingerprint density at radius 3 is 1.38 bits per heavy atom. The molecule has 4 radical (unpaired) electrons. The minimum atomic E-state index is 0. The van der Waals surface area contributed by atoms with Gasteiger partial charge in [0, 0.05) is 42.4 Å². The molecule has 3 heteroatoms. The van der Waals surface area contributed by atoms with Gasteiger partial charge in [0.2, 0.25) is 0 Å². The van der Waals surface area contributed by atoms with Crippen LogP contribution in [-0.4, -0.2) is 31.0 Å². The Hall–Kier alpha value is -0.341. The van der Waals surface area contributed by atoms with Crippen molar-refractivity contribution in [3.63, 3.8) is 0 Å². The number of allylic oxidation sites excluding steroid dienone is 1. The van der Waals surface area contributed by atoms with Gasteiger partial charge in [0.25, 0.3) is 0 Å². The number of rotatable bonds is 4. The summed E-state index contributed by atoms with van der Waals surface area (Å²) >= 11 is 0. The number of ether oxygens (including phenoxy) is 1. The zero-order chi connectivity index (χ0) is 16.1. The van der Waals surface area contributed by atoms with Crippen molar-refractivity contribution in [1.82, 2.24) is 5.32 Å². The number of methoxy groups -OCH3 is 1. The van der Waals surface area contributed by atoms with E-state index >= 15 is 0 Å². The molecule has 21 heavy (non-hydrogen) atoms. The molecule has 0 saturated carbocycles. The maximum absolute atomic E-state index is 4.85. The van der Waals surface area contributed by atoms with E-state index in [9.17, 15) is 0 Å². The van der Waals surface area contributed by atoms with Gasteiger partial charge < -0.3 is 10.1 Å². The van der Waals surface area contributed by atoms with Crippen LogP contribution in [0.1, 0.15) is 80.1 Å². The second kappa shape index (κ2) is 31.9. The topological polar surface area (TPSA) is 21.3 Å². The number of nitrogens with one attached hydrogen (secondary N) is 1. The van der Waals surface area contributed by atoms with Gasteiger partial charge in [-0.25, -0.2) is 0 Å². The molecule has 0 amide bonds. The van der Waals surface area contributed by atoms with Crippen molar-refractivity contribution in [2.75, 3.05) is 7.11 Å². The maximum Gasteiger partial charge on any atom is 0.142 e. The van der Waals surface area contributed by atoms with Crippen molar-refractivity contribution in [3.8, 4) is 0 Å². The summed E-state index contributed by atoms with van der Waals surface area (Å²) in [7, 11) is 1.62. The Balaban J connectivity index is -0.0000000973. The molecule has 1 aliphatic heterocycles. The molecule has 0 unspecified atom stereocenters. The van der Waals surface area contributed by atoms with Gasteiger partial charge in [-0.15, -0.1) is 0 Å². The molecule has 1 rings (SSSR count). The van der Waals surface area contributed by atoms with Gasteiger partial charge in [-0.2, -0.15) is 0 Å². The van der Waals surface area contributed by atoms with Crippen LogP contribution >= 0.6 is 0 Å². The first kappa shape index (κ1) is 28.8. The minimum absolute atomic E-state index is 0. The Kier molecular flexibility index (Phi) is 43.6. The van der Waals surface area contributed by atoms with Gasteiger partial charge in [-0.1, -0.05) is 85.8 Å². The molecular weight excluding hydrogens is 365 g/mol. The van der Waals surface area contributed by atoms with E-state index in [1.165, 1.54) is 38.5 Å². The first-order valence-electron chi connectivity index (χ1n) is 8.09. The van der Waals surface area contributed by atoms with Crippen LogP contribution in [0.5, 0.6) is 0 Å². The zero-order valence-electron chi connectivity index (χ0n) is 15.4. The third-order valence-electron chi connectivity index (χ3n) is 2.35. The van der Waals surface area contributed by atoms with Gasteiger partial charge in [0.15, 0.2) is 0 Å².